The van der Waals surface area contributed by atoms with Crippen molar-refractivity contribution in [2.75, 3.05) is 25.6 Å². The maximum Gasteiger partial charge on any atom is 0.167 e. The Morgan fingerprint density at radius 1 is 1.50 bits per heavy atom. The smallest absolute Gasteiger partial charge is 0.167 e. The van der Waals surface area contributed by atoms with Gasteiger partial charge >= 0.3 is 0 Å². The molecule has 1 aliphatic rings. The molecule has 4 heteroatoms. The van der Waals surface area contributed by atoms with Crippen LogP contribution in [0.3, 0.4) is 0 Å². The third-order valence-electron chi connectivity index (χ3n) is 3.21. The summed E-state index contributed by atoms with van der Waals surface area (Å²) in [5.74, 6) is -0.0541. The van der Waals surface area contributed by atoms with Gasteiger partial charge in [0.25, 0.3) is 0 Å². The molecule has 1 aromatic rings. The molecule has 0 amide bonds. The standard InChI is InChI=1S/C14H20FNO2/c1-17-14-7-6-11(10-13(14)15)16-8-2-4-12-5-3-9-18-12/h6-7,10,12,16H,2-5,8-9H2,1H3. The minimum absolute atomic E-state index is 0.278. The highest BCUT2D eigenvalue weighted by molar-refractivity contribution is 5.47. The zero-order chi connectivity index (χ0) is 12.8. The number of hydrogen-bond donors (Lipinski definition) is 1. The van der Waals surface area contributed by atoms with E-state index in [1.807, 2.05) is 6.07 Å². The Kier molecular flexibility index (Phi) is 4.81. The molecule has 2 rings (SSSR count). The van der Waals surface area contributed by atoms with E-state index in [-0.39, 0.29) is 11.6 Å². The molecule has 0 radical (unpaired) electrons. The van der Waals surface area contributed by atoms with Gasteiger partial charge in [0, 0.05) is 24.9 Å². The fourth-order valence-electron chi connectivity index (χ4n) is 2.21. The normalized spacial score (nSPS) is 18.9. The van der Waals surface area contributed by atoms with Crippen molar-refractivity contribution >= 4 is 5.69 Å². The van der Waals surface area contributed by atoms with Crippen LogP contribution in [0.25, 0.3) is 0 Å². The first-order valence-electron chi connectivity index (χ1n) is 6.48. The minimum atomic E-state index is -0.332. The molecule has 3 nitrogen and oxygen atoms in total. The number of anilines is 1. The largest absolute Gasteiger partial charge is 0.494 e. The fraction of sp³-hybridized carbons (Fsp3) is 0.571. The molecule has 1 fully saturated rings. The summed E-state index contributed by atoms with van der Waals surface area (Å²) < 4.78 is 23.8. The van der Waals surface area contributed by atoms with E-state index in [2.05, 4.69) is 5.32 Å². The van der Waals surface area contributed by atoms with Gasteiger partial charge in [0.05, 0.1) is 13.2 Å². The summed E-state index contributed by atoms with van der Waals surface area (Å²) in [5.41, 5.74) is 0.792. The summed E-state index contributed by atoms with van der Waals surface area (Å²) in [7, 11) is 1.47. The van der Waals surface area contributed by atoms with E-state index in [1.54, 1.807) is 6.07 Å². The lowest BCUT2D eigenvalue weighted by molar-refractivity contribution is 0.103. The van der Waals surface area contributed by atoms with Gasteiger partial charge < -0.3 is 14.8 Å². The third kappa shape index (κ3) is 3.60. The first-order valence-corrected chi connectivity index (χ1v) is 6.48. The highest BCUT2D eigenvalue weighted by Crippen LogP contribution is 2.21. The lowest BCUT2D eigenvalue weighted by atomic mass is 10.1. The predicted molar refractivity (Wildman–Crippen MR) is 69.6 cm³/mol. The van der Waals surface area contributed by atoms with Gasteiger partial charge in [-0.3, -0.25) is 0 Å². The third-order valence-corrected chi connectivity index (χ3v) is 3.21. The van der Waals surface area contributed by atoms with Crippen molar-refractivity contribution in [3.05, 3.63) is 24.0 Å². The zero-order valence-corrected chi connectivity index (χ0v) is 10.7. The minimum Gasteiger partial charge on any atom is -0.494 e. The van der Waals surface area contributed by atoms with Gasteiger partial charge in [-0.1, -0.05) is 0 Å². The van der Waals surface area contributed by atoms with Crippen molar-refractivity contribution in [1.82, 2.24) is 0 Å². The molecule has 1 N–H and O–H groups in total. The van der Waals surface area contributed by atoms with Crippen molar-refractivity contribution in [1.29, 1.82) is 0 Å². The van der Waals surface area contributed by atoms with E-state index in [0.717, 1.165) is 31.7 Å². The summed E-state index contributed by atoms with van der Waals surface area (Å²) in [5, 5.41) is 3.21. The van der Waals surface area contributed by atoms with Gasteiger partial charge in [-0.25, -0.2) is 4.39 Å². The van der Waals surface area contributed by atoms with Gasteiger partial charge in [0.2, 0.25) is 0 Å². The van der Waals surface area contributed by atoms with Gasteiger partial charge in [0.1, 0.15) is 0 Å². The summed E-state index contributed by atoms with van der Waals surface area (Å²) in [6.07, 6.45) is 4.91. The van der Waals surface area contributed by atoms with Crippen molar-refractivity contribution < 1.29 is 13.9 Å². The zero-order valence-electron chi connectivity index (χ0n) is 10.7. The van der Waals surface area contributed by atoms with Crippen LogP contribution in [0.15, 0.2) is 18.2 Å². The first-order chi connectivity index (χ1) is 8.79. The molecule has 0 aromatic heterocycles. The first kappa shape index (κ1) is 13.1. The van der Waals surface area contributed by atoms with Crippen molar-refractivity contribution in [2.45, 2.75) is 31.8 Å². The number of hydrogen-bond acceptors (Lipinski definition) is 3. The Labute approximate surface area is 107 Å². The summed E-state index contributed by atoms with van der Waals surface area (Å²) >= 11 is 0. The predicted octanol–water partition coefficient (Wildman–Crippen LogP) is 3.21. The molecule has 0 aliphatic carbocycles. The van der Waals surface area contributed by atoms with Crippen LogP contribution in [0.1, 0.15) is 25.7 Å². The average molecular weight is 253 g/mol. The molecule has 1 unspecified atom stereocenters. The number of halogens is 1. The molecule has 1 atom stereocenters. The quantitative estimate of drug-likeness (QED) is 0.790. The number of benzene rings is 1. The molecular formula is C14H20FNO2. The van der Waals surface area contributed by atoms with Crippen LogP contribution in [0.4, 0.5) is 10.1 Å². The Morgan fingerprint density at radius 3 is 3.06 bits per heavy atom. The second-order valence-corrected chi connectivity index (χ2v) is 4.55. The van der Waals surface area contributed by atoms with E-state index < -0.39 is 0 Å². The van der Waals surface area contributed by atoms with E-state index in [4.69, 9.17) is 9.47 Å². The van der Waals surface area contributed by atoms with Gasteiger partial charge in [-0.15, -0.1) is 0 Å². The topological polar surface area (TPSA) is 30.5 Å². The summed E-state index contributed by atoms with van der Waals surface area (Å²) in [4.78, 5) is 0. The number of nitrogens with one attached hydrogen (secondary N) is 1. The molecule has 0 spiro atoms. The van der Waals surface area contributed by atoms with Crippen LogP contribution in [0, 0.1) is 5.82 Å². The average Bonchev–Trinajstić information content (AvgIpc) is 2.88. The second-order valence-electron chi connectivity index (χ2n) is 4.55. The lowest BCUT2D eigenvalue weighted by Gasteiger charge is -2.11. The molecule has 1 heterocycles. The molecule has 100 valence electrons. The summed E-state index contributed by atoms with van der Waals surface area (Å²) in [6, 6.07) is 4.93. The van der Waals surface area contributed by atoms with E-state index in [0.29, 0.717) is 6.10 Å². The molecular weight excluding hydrogens is 233 g/mol. The molecule has 18 heavy (non-hydrogen) atoms. The highest BCUT2D eigenvalue weighted by atomic mass is 19.1. The maximum absolute atomic E-state index is 13.4. The highest BCUT2D eigenvalue weighted by Gasteiger charge is 2.14. The second kappa shape index (κ2) is 6.59. The number of rotatable bonds is 6. The Bertz CT molecular complexity index is 378. The van der Waals surface area contributed by atoms with E-state index in [9.17, 15) is 4.39 Å². The summed E-state index contributed by atoms with van der Waals surface area (Å²) in [6.45, 7) is 1.74. The lowest BCUT2D eigenvalue weighted by Crippen LogP contribution is -2.09. The van der Waals surface area contributed by atoms with Crippen LogP contribution < -0.4 is 10.1 Å². The Morgan fingerprint density at radius 2 is 2.39 bits per heavy atom. The van der Waals surface area contributed by atoms with Crippen molar-refractivity contribution in [2.24, 2.45) is 0 Å². The van der Waals surface area contributed by atoms with Gasteiger partial charge in [-0.05, 0) is 37.8 Å². The molecule has 1 aliphatic heterocycles. The Balaban J connectivity index is 1.71. The molecule has 1 aromatic carbocycles. The molecule has 0 saturated carbocycles. The monoisotopic (exact) mass is 253 g/mol. The van der Waals surface area contributed by atoms with Crippen LogP contribution in [0.2, 0.25) is 0 Å². The van der Waals surface area contributed by atoms with Gasteiger partial charge in [-0.2, -0.15) is 0 Å². The van der Waals surface area contributed by atoms with Crippen LogP contribution >= 0.6 is 0 Å². The molecule has 1 saturated heterocycles. The van der Waals surface area contributed by atoms with E-state index >= 15 is 0 Å². The van der Waals surface area contributed by atoms with Crippen LogP contribution in [-0.2, 0) is 4.74 Å². The van der Waals surface area contributed by atoms with Crippen molar-refractivity contribution in [3.8, 4) is 5.75 Å². The number of methoxy groups -OCH3 is 1. The van der Waals surface area contributed by atoms with Crippen LogP contribution in [0.5, 0.6) is 5.75 Å². The number of ether oxygens (including phenoxy) is 2. The Hall–Kier alpha value is -1.29. The van der Waals surface area contributed by atoms with Gasteiger partial charge in [0.15, 0.2) is 11.6 Å². The fourth-order valence-corrected chi connectivity index (χ4v) is 2.21. The van der Waals surface area contributed by atoms with Crippen LogP contribution in [-0.4, -0.2) is 26.4 Å². The SMILES string of the molecule is COc1ccc(NCCCC2CCCO2)cc1F. The maximum atomic E-state index is 13.4. The molecule has 0 bridgehead atoms. The van der Waals surface area contributed by atoms with Crippen molar-refractivity contribution in [3.63, 3.8) is 0 Å². The van der Waals surface area contributed by atoms with E-state index in [1.165, 1.54) is 26.0 Å².